The molecule has 0 spiro atoms. The van der Waals surface area contributed by atoms with Gasteiger partial charge in [0.25, 0.3) is 0 Å². The summed E-state index contributed by atoms with van der Waals surface area (Å²) in [4.78, 5) is 0. The number of ether oxygens (including phenoxy) is 1. The maximum Gasteiger partial charge on any atom is 0.108 e. The van der Waals surface area contributed by atoms with Crippen molar-refractivity contribution in [3.05, 3.63) is 0 Å². The normalized spacial score (nSPS) is 29.9. The number of rotatable bonds is 9. The average molecular weight is 679 g/mol. The molecule has 1 nitrogen and oxygen atoms in total. The Hall–Kier alpha value is -0.110. The molecule has 4 fully saturated rings. The van der Waals surface area contributed by atoms with Crippen LogP contribution >= 0.6 is 0 Å². The van der Waals surface area contributed by atoms with Crippen LogP contribution in [0.1, 0.15) is 213 Å². The molecule has 0 amide bonds. The van der Waals surface area contributed by atoms with E-state index in [1.165, 1.54) is 89.9 Å². The molecule has 4 aliphatic carbocycles. The fourth-order valence-corrected chi connectivity index (χ4v) is 8.53. The van der Waals surface area contributed by atoms with Gasteiger partial charge < -0.3 is 4.74 Å². The Balaban J connectivity index is 0.000000320. The highest BCUT2D eigenvalue weighted by Gasteiger charge is 2.33. The fourth-order valence-electron chi connectivity index (χ4n) is 8.53. The Morgan fingerprint density at radius 2 is 0.812 bits per heavy atom. The molecular weight excluding hydrogens is 588 g/mol. The summed E-state index contributed by atoms with van der Waals surface area (Å²) in [5.74, 6) is 9.67. The third-order valence-electron chi connectivity index (χ3n) is 14.1. The van der Waals surface area contributed by atoms with Gasteiger partial charge in [0.05, 0.1) is 12.2 Å². The van der Waals surface area contributed by atoms with Gasteiger partial charge >= 0.3 is 0 Å². The zero-order chi connectivity index (χ0) is 36.4. The first-order valence-corrected chi connectivity index (χ1v) is 21.8. The standard InChI is InChI=1S/C12H23F.C12H24.C11H22O.C11H22/c1-9(2)10(3)11-5-7-12(4,13)8-6-11;1-9(2)11(4)12-7-5-10(3)6-8-12;1-9(2)10(3)12-11-7-5-4-6-8-11;1-9(2)10(3)11-7-5-4-6-8-11/h9-11H,5-8H2,1-4H3;9-12H,5-8H2,1-4H3;9-11H,4-8H2,1-3H3;9-11H,4-8H2,1-3H3. The van der Waals surface area contributed by atoms with E-state index in [1.807, 2.05) is 0 Å². The minimum atomic E-state index is -0.868. The van der Waals surface area contributed by atoms with Crippen molar-refractivity contribution in [2.24, 2.45) is 65.1 Å². The molecule has 0 heterocycles. The summed E-state index contributed by atoms with van der Waals surface area (Å²) >= 11 is 0. The van der Waals surface area contributed by atoms with E-state index in [2.05, 4.69) is 90.0 Å². The van der Waals surface area contributed by atoms with Crippen LogP contribution in [0.25, 0.3) is 0 Å². The average Bonchev–Trinajstić information content (AvgIpc) is 3.05. The van der Waals surface area contributed by atoms with Crippen LogP contribution in [-0.4, -0.2) is 17.9 Å². The molecule has 48 heavy (non-hydrogen) atoms. The van der Waals surface area contributed by atoms with Crippen LogP contribution < -0.4 is 0 Å². The molecule has 0 bridgehead atoms. The van der Waals surface area contributed by atoms with Gasteiger partial charge in [0.1, 0.15) is 5.67 Å². The van der Waals surface area contributed by atoms with Crippen LogP contribution in [0.5, 0.6) is 0 Å². The van der Waals surface area contributed by atoms with Crippen molar-refractivity contribution >= 4 is 0 Å². The summed E-state index contributed by atoms with van der Waals surface area (Å²) in [6, 6.07) is 0. The lowest BCUT2D eigenvalue weighted by Gasteiger charge is -2.35. The maximum atomic E-state index is 13.5. The highest BCUT2D eigenvalue weighted by atomic mass is 19.1. The molecule has 0 aromatic rings. The van der Waals surface area contributed by atoms with Crippen molar-refractivity contribution in [2.45, 2.75) is 230 Å². The summed E-state index contributed by atoms with van der Waals surface area (Å²) in [7, 11) is 0. The summed E-state index contributed by atoms with van der Waals surface area (Å²) in [6.07, 6.45) is 24.8. The lowest BCUT2D eigenvalue weighted by molar-refractivity contribution is -0.0410. The van der Waals surface area contributed by atoms with Crippen molar-refractivity contribution in [2.75, 3.05) is 0 Å². The molecule has 2 heteroatoms. The Morgan fingerprint density at radius 3 is 1.19 bits per heavy atom. The van der Waals surface area contributed by atoms with Gasteiger partial charge in [-0.1, -0.05) is 147 Å². The molecule has 0 N–H and O–H groups in total. The largest absolute Gasteiger partial charge is 0.375 e. The molecule has 0 aromatic heterocycles. The van der Waals surface area contributed by atoms with Crippen LogP contribution in [0.3, 0.4) is 0 Å². The molecule has 0 radical (unpaired) electrons. The third-order valence-corrected chi connectivity index (χ3v) is 14.1. The van der Waals surface area contributed by atoms with Gasteiger partial charge in [0.15, 0.2) is 0 Å². The summed E-state index contributed by atoms with van der Waals surface area (Å²) in [6.45, 7) is 32.0. The van der Waals surface area contributed by atoms with Gasteiger partial charge in [-0.3, -0.25) is 0 Å². The Bertz CT molecular complexity index is 740. The summed E-state index contributed by atoms with van der Waals surface area (Å²) in [5, 5.41) is 0. The van der Waals surface area contributed by atoms with E-state index >= 15 is 0 Å². The van der Waals surface area contributed by atoms with Crippen LogP contribution in [0.4, 0.5) is 4.39 Å². The number of hydrogen-bond donors (Lipinski definition) is 0. The monoisotopic (exact) mass is 679 g/mol. The molecule has 4 unspecified atom stereocenters. The van der Waals surface area contributed by atoms with Crippen LogP contribution in [-0.2, 0) is 4.74 Å². The number of alkyl halides is 1. The first-order chi connectivity index (χ1) is 22.4. The molecule has 288 valence electrons. The number of halogens is 1. The Labute approximate surface area is 303 Å². The molecule has 0 aromatic carbocycles. The van der Waals surface area contributed by atoms with Crippen LogP contribution in [0.15, 0.2) is 0 Å². The SMILES string of the molecule is CC(C)C(C)C1CCC(C)(F)CC1.CC(C)C(C)C1CCCCC1.CC(C)C(C)OC1CCCCC1.CC1CCC(C(C)C(C)C)CC1. The van der Waals surface area contributed by atoms with E-state index in [0.717, 1.165) is 84.9 Å². The minimum Gasteiger partial charge on any atom is -0.375 e. The van der Waals surface area contributed by atoms with Gasteiger partial charge in [-0.15, -0.1) is 0 Å². The predicted octanol–water partition coefficient (Wildman–Crippen LogP) is 15.5. The van der Waals surface area contributed by atoms with E-state index in [0.29, 0.717) is 18.1 Å². The molecule has 4 rings (SSSR count). The van der Waals surface area contributed by atoms with Gasteiger partial charge in [0, 0.05) is 0 Å². The summed E-state index contributed by atoms with van der Waals surface area (Å²) < 4.78 is 19.5. The zero-order valence-corrected chi connectivity index (χ0v) is 35.5. The lowest BCUT2D eigenvalue weighted by atomic mass is 9.72. The topological polar surface area (TPSA) is 9.23 Å². The van der Waals surface area contributed by atoms with Crippen LogP contribution in [0.2, 0.25) is 0 Å². The first kappa shape index (κ1) is 45.9. The second-order valence-electron chi connectivity index (χ2n) is 19.3. The molecule has 0 aliphatic heterocycles. The van der Waals surface area contributed by atoms with Crippen molar-refractivity contribution in [3.63, 3.8) is 0 Å². The smallest absolute Gasteiger partial charge is 0.108 e. The van der Waals surface area contributed by atoms with Gasteiger partial charge in [-0.25, -0.2) is 4.39 Å². The van der Waals surface area contributed by atoms with Gasteiger partial charge in [-0.05, 0) is 130 Å². The van der Waals surface area contributed by atoms with E-state index in [4.69, 9.17) is 4.74 Å². The molecule has 4 aliphatic rings. The second-order valence-corrected chi connectivity index (χ2v) is 19.3. The molecule has 4 saturated carbocycles. The highest BCUT2D eigenvalue weighted by Crippen LogP contribution is 2.40. The Morgan fingerprint density at radius 1 is 0.458 bits per heavy atom. The van der Waals surface area contributed by atoms with Gasteiger partial charge in [-0.2, -0.15) is 0 Å². The Kier molecular flexibility index (Phi) is 23.1. The first-order valence-electron chi connectivity index (χ1n) is 21.8. The number of hydrogen-bond acceptors (Lipinski definition) is 1. The van der Waals surface area contributed by atoms with E-state index < -0.39 is 5.67 Å². The van der Waals surface area contributed by atoms with Crippen LogP contribution in [0, 0.1) is 65.1 Å². The van der Waals surface area contributed by atoms with Gasteiger partial charge in [0.2, 0.25) is 0 Å². The predicted molar refractivity (Wildman–Crippen MR) is 213 cm³/mol. The quantitative estimate of drug-likeness (QED) is 0.236. The second kappa shape index (κ2) is 24.2. The van der Waals surface area contributed by atoms with E-state index in [9.17, 15) is 4.39 Å². The van der Waals surface area contributed by atoms with Crippen molar-refractivity contribution in [1.29, 1.82) is 0 Å². The molecular formula is C46H91FO. The van der Waals surface area contributed by atoms with E-state index in [1.54, 1.807) is 6.92 Å². The van der Waals surface area contributed by atoms with Crippen molar-refractivity contribution < 1.29 is 9.13 Å². The third kappa shape index (κ3) is 18.9. The zero-order valence-electron chi connectivity index (χ0n) is 35.5. The minimum absolute atomic E-state index is 0.438. The fraction of sp³-hybridized carbons (Fsp3) is 1.00. The lowest BCUT2D eigenvalue weighted by Crippen LogP contribution is -2.30. The molecule has 4 atom stereocenters. The molecule has 0 saturated heterocycles. The van der Waals surface area contributed by atoms with E-state index in [-0.39, 0.29) is 0 Å². The van der Waals surface area contributed by atoms with Crippen molar-refractivity contribution in [3.8, 4) is 0 Å². The van der Waals surface area contributed by atoms with Crippen molar-refractivity contribution in [1.82, 2.24) is 0 Å². The summed E-state index contributed by atoms with van der Waals surface area (Å²) in [5.41, 5.74) is -0.868. The maximum absolute atomic E-state index is 13.5. The highest BCUT2D eigenvalue weighted by molar-refractivity contribution is 4.84.